The summed E-state index contributed by atoms with van der Waals surface area (Å²) in [5.41, 5.74) is 0.571. The number of carbonyl (C=O) groups excluding carboxylic acids is 1. The number of fused-ring (bicyclic) bond motifs is 1. The number of carbonyl (C=O) groups is 1. The first-order valence-electron chi connectivity index (χ1n) is 9.18. The van der Waals surface area contributed by atoms with Gasteiger partial charge in [0.15, 0.2) is 17.3 Å². The third-order valence-corrected chi connectivity index (χ3v) is 4.28. The average Bonchev–Trinajstić information content (AvgIpc) is 2.72. The predicted octanol–water partition coefficient (Wildman–Crippen LogP) is 4.88. The topological polar surface area (TPSA) is 65.7 Å². The molecule has 0 aliphatic heterocycles. The van der Waals surface area contributed by atoms with Gasteiger partial charge in [0.25, 0.3) is 0 Å². The molecule has 0 unspecified atom stereocenters. The minimum Gasteiger partial charge on any atom is -0.493 e. The molecule has 0 aliphatic carbocycles. The number of para-hydroxylation sites is 1. The number of methoxy groups -OCH3 is 1. The summed E-state index contributed by atoms with van der Waals surface area (Å²) in [4.78, 5) is 24.6. The van der Waals surface area contributed by atoms with Gasteiger partial charge in [0.05, 0.1) is 13.7 Å². The van der Waals surface area contributed by atoms with E-state index in [0.717, 1.165) is 18.4 Å². The van der Waals surface area contributed by atoms with Crippen LogP contribution in [0.3, 0.4) is 0 Å². The van der Waals surface area contributed by atoms with Crippen molar-refractivity contribution in [2.45, 2.75) is 19.8 Å². The van der Waals surface area contributed by atoms with E-state index < -0.39 is 11.4 Å². The minimum absolute atomic E-state index is 0.00133. The van der Waals surface area contributed by atoms with Crippen molar-refractivity contribution in [3.05, 3.63) is 76.2 Å². The lowest BCUT2D eigenvalue weighted by Crippen LogP contribution is -2.11. The Hall–Kier alpha value is -3.34. The molecule has 1 heterocycles. The van der Waals surface area contributed by atoms with Gasteiger partial charge in [-0.1, -0.05) is 43.7 Å². The van der Waals surface area contributed by atoms with Crippen molar-refractivity contribution >= 4 is 22.8 Å². The van der Waals surface area contributed by atoms with E-state index in [9.17, 15) is 9.59 Å². The summed E-state index contributed by atoms with van der Waals surface area (Å²) >= 11 is 0. The van der Waals surface area contributed by atoms with Crippen molar-refractivity contribution in [3.63, 3.8) is 0 Å². The maximum Gasteiger partial charge on any atom is 0.347 e. The summed E-state index contributed by atoms with van der Waals surface area (Å²) in [5.74, 6) is 0.840. The van der Waals surface area contributed by atoms with E-state index in [0.29, 0.717) is 29.1 Å². The van der Waals surface area contributed by atoms with E-state index >= 15 is 0 Å². The van der Waals surface area contributed by atoms with Crippen molar-refractivity contribution in [1.82, 2.24) is 0 Å². The zero-order chi connectivity index (χ0) is 19.9. The fraction of sp³-hybridized carbons (Fsp3) is 0.217. The van der Waals surface area contributed by atoms with Gasteiger partial charge in [0, 0.05) is 5.39 Å². The summed E-state index contributed by atoms with van der Waals surface area (Å²) in [6, 6.07) is 14.1. The van der Waals surface area contributed by atoms with Crippen LogP contribution >= 0.6 is 0 Å². The maximum absolute atomic E-state index is 12.5. The molecular weight excluding hydrogens is 356 g/mol. The number of allylic oxidation sites excluding steroid dienone is 1. The highest BCUT2D eigenvalue weighted by Gasteiger charge is 2.11. The molecule has 3 rings (SSSR count). The molecule has 0 saturated heterocycles. The molecule has 0 bridgehead atoms. The molecule has 0 spiro atoms. The Morgan fingerprint density at radius 2 is 1.93 bits per heavy atom. The molecule has 0 saturated carbocycles. The Morgan fingerprint density at radius 1 is 1.11 bits per heavy atom. The molecule has 144 valence electrons. The van der Waals surface area contributed by atoms with Crippen LogP contribution in [-0.4, -0.2) is 19.5 Å². The number of hydrogen-bond donors (Lipinski definition) is 0. The van der Waals surface area contributed by atoms with Crippen LogP contribution in [0.1, 0.15) is 35.7 Å². The monoisotopic (exact) mass is 378 g/mol. The van der Waals surface area contributed by atoms with E-state index in [1.807, 2.05) is 18.2 Å². The third-order valence-electron chi connectivity index (χ3n) is 4.28. The maximum atomic E-state index is 12.5. The molecule has 0 amide bonds. The Labute approximate surface area is 163 Å². The Bertz CT molecular complexity index is 1060. The van der Waals surface area contributed by atoms with Crippen LogP contribution in [0.15, 0.2) is 63.8 Å². The summed E-state index contributed by atoms with van der Waals surface area (Å²) < 4.78 is 16.3. The highest BCUT2D eigenvalue weighted by atomic mass is 16.5. The third kappa shape index (κ3) is 4.49. The molecular formula is C23H22O5. The van der Waals surface area contributed by atoms with Crippen LogP contribution in [0.5, 0.6) is 11.5 Å². The molecule has 1 aromatic heterocycles. The highest BCUT2D eigenvalue weighted by molar-refractivity contribution is 6.07. The largest absolute Gasteiger partial charge is 0.493 e. The van der Waals surface area contributed by atoms with Gasteiger partial charge in [-0.25, -0.2) is 4.79 Å². The number of unbranched alkanes of at least 4 members (excludes halogenated alkanes) is 1. The zero-order valence-electron chi connectivity index (χ0n) is 15.9. The second-order valence-electron chi connectivity index (χ2n) is 6.30. The van der Waals surface area contributed by atoms with Crippen molar-refractivity contribution in [2.75, 3.05) is 13.7 Å². The van der Waals surface area contributed by atoms with Crippen LogP contribution in [0.25, 0.3) is 17.0 Å². The number of ether oxygens (including phenoxy) is 2. The van der Waals surface area contributed by atoms with Crippen LogP contribution in [-0.2, 0) is 0 Å². The fourth-order valence-electron chi connectivity index (χ4n) is 2.73. The van der Waals surface area contributed by atoms with Crippen molar-refractivity contribution in [3.8, 4) is 11.5 Å². The predicted molar refractivity (Wildman–Crippen MR) is 109 cm³/mol. The molecule has 28 heavy (non-hydrogen) atoms. The van der Waals surface area contributed by atoms with E-state index in [-0.39, 0.29) is 5.56 Å². The van der Waals surface area contributed by atoms with Gasteiger partial charge in [-0.15, -0.1) is 0 Å². The number of hydrogen-bond acceptors (Lipinski definition) is 5. The molecule has 0 aliphatic rings. The van der Waals surface area contributed by atoms with Crippen LogP contribution in [0, 0.1) is 0 Å². The zero-order valence-corrected chi connectivity index (χ0v) is 15.9. The van der Waals surface area contributed by atoms with Crippen molar-refractivity contribution < 1.29 is 18.7 Å². The first kappa shape index (κ1) is 19.4. The second kappa shape index (κ2) is 9.04. The van der Waals surface area contributed by atoms with E-state index in [1.54, 1.807) is 43.5 Å². The lowest BCUT2D eigenvalue weighted by Gasteiger charge is -2.10. The van der Waals surface area contributed by atoms with Gasteiger partial charge in [0.1, 0.15) is 11.1 Å². The molecule has 5 nitrogen and oxygen atoms in total. The number of rotatable bonds is 8. The quantitative estimate of drug-likeness (QED) is 0.242. The summed E-state index contributed by atoms with van der Waals surface area (Å²) in [6.07, 6.45) is 5.00. The summed E-state index contributed by atoms with van der Waals surface area (Å²) in [7, 11) is 1.57. The molecule has 0 N–H and O–H groups in total. The molecule has 0 fully saturated rings. The van der Waals surface area contributed by atoms with Gasteiger partial charge < -0.3 is 13.9 Å². The molecule has 0 radical (unpaired) electrons. The van der Waals surface area contributed by atoms with Crippen LogP contribution < -0.4 is 15.1 Å². The Kier molecular flexibility index (Phi) is 6.27. The normalized spacial score (nSPS) is 11.1. The van der Waals surface area contributed by atoms with E-state index in [1.165, 1.54) is 6.08 Å². The number of ketones is 1. The van der Waals surface area contributed by atoms with Gasteiger partial charge >= 0.3 is 5.63 Å². The first-order valence-corrected chi connectivity index (χ1v) is 9.18. The molecule has 0 atom stereocenters. The van der Waals surface area contributed by atoms with Gasteiger partial charge in [-0.2, -0.15) is 0 Å². The van der Waals surface area contributed by atoms with Gasteiger partial charge in [0.2, 0.25) is 0 Å². The van der Waals surface area contributed by atoms with Gasteiger partial charge in [-0.05, 0) is 42.3 Å². The van der Waals surface area contributed by atoms with Crippen molar-refractivity contribution in [2.24, 2.45) is 0 Å². The van der Waals surface area contributed by atoms with E-state index in [2.05, 4.69) is 6.92 Å². The van der Waals surface area contributed by atoms with Gasteiger partial charge in [-0.3, -0.25) is 4.79 Å². The summed E-state index contributed by atoms with van der Waals surface area (Å²) in [5, 5.41) is 0.703. The van der Waals surface area contributed by atoms with Crippen LogP contribution in [0.2, 0.25) is 0 Å². The molecule has 5 heteroatoms. The van der Waals surface area contributed by atoms with Crippen LogP contribution in [0.4, 0.5) is 0 Å². The summed E-state index contributed by atoms with van der Waals surface area (Å²) in [6.45, 7) is 2.72. The lowest BCUT2D eigenvalue weighted by atomic mass is 10.1. The Morgan fingerprint density at radius 3 is 2.71 bits per heavy atom. The highest BCUT2D eigenvalue weighted by Crippen LogP contribution is 2.28. The van der Waals surface area contributed by atoms with E-state index in [4.69, 9.17) is 13.9 Å². The first-order chi connectivity index (χ1) is 13.6. The Balaban J connectivity index is 1.80. The fourth-order valence-corrected chi connectivity index (χ4v) is 2.73. The number of benzene rings is 2. The lowest BCUT2D eigenvalue weighted by molar-refractivity contribution is 0.104. The molecule has 2 aromatic carbocycles. The van der Waals surface area contributed by atoms with Crippen molar-refractivity contribution in [1.29, 1.82) is 0 Å². The smallest absolute Gasteiger partial charge is 0.347 e. The average molecular weight is 378 g/mol. The standard InChI is InChI=1S/C23H22O5/c1-3-4-13-27-21-12-10-16(14-22(21)26-2)9-11-19(24)18-15-17-7-5-6-8-20(17)28-23(18)25/h5-12,14-15H,3-4,13H2,1-2H3/b11-9+. The second-order valence-corrected chi connectivity index (χ2v) is 6.30. The SMILES string of the molecule is CCCCOc1ccc(/C=C/C(=O)c2cc3ccccc3oc2=O)cc1OC. The molecule has 3 aromatic rings. The minimum atomic E-state index is -0.648.